The van der Waals surface area contributed by atoms with Crippen molar-refractivity contribution < 1.29 is 14.5 Å². The van der Waals surface area contributed by atoms with Gasteiger partial charge in [0.15, 0.2) is 0 Å². The second kappa shape index (κ2) is 7.61. The molecule has 0 bridgehead atoms. The number of rotatable bonds is 4. The SMILES string of the molecule is CC(=O)N1N=C(C2CC(c3ccc(C)cc3)NN2)OC1c1ccccc1[N+](=O)[O-]. The number of amides is 1. The van der Waals surface area contributed by atoms with E-state index < -0.39 is 11.2 Å². The summed E-state index contributed by atoms with van der Waals surface area (Å²) in [6, 6.07) is 14.2. The normalized spacial score (nSPS) is 23.6. The van der Waals surface area contributed by atoms with E-state index in [1.807, 2.05) is 6.92 Å². The first-order chi connectivity index (χ1) is 13.9. The van der Waals surface area contributed by atoms with Crippen molar-refractivity contribution in [2.75, 3.05) is 0 Å². The molecule has 1 saturated heterocycles. The maximum Gasteiger partial charge on any atom is 0.278 e. The van der Waals surface area contributed by atoms with Crippen LogP contribution in [0, 0.1) is 17.0 Å². The zero-order valence-corrected chi connectivity index (χ0v) is 16.0. The zero-order valence-electron chi connectivity index (χ0n) is 16.0. The lowest BCUT2D eigenvalue weighted by Gasteiger charge is -2.19. The molecule has 1 amide bonds. The number of benzene rings is 2. The molecule has 150 valence electrons. The molecule has 3 unspecified atom stereocenters. The van der Waals surface area contributed by atoms with Crippen molar-refractivity contribution >= 4 is 17.5 Å². The molecule has 2 N–H and O–H groups in total. The van der Waals surface area contributed by atoms with Crippen LogP contribution in [-0.2, 0) is 9.53 Å². The fraction of sp³-hybridized carbons (Fsp3) is 0.300. The number of ether oxygens (including phenoxy) is 1. The van der Waals surface area contributed by atoms with Crippen LogP contribution < -0.4 is 10.9 Å². The molecular formula is C20H21N5O4. The highest BCUT2D eigenvalue weighted by Crippen LogP contribution is 2.36. The first kappa shape index (κ1) is 19.0. The van der Waals surface area contributed by atoms with Gasteiger partial charge in [-0.15, -0.1) is 5.10 Å². The van der Waals surface area contributed by atoms with E-state index in [1.54, 1.807) is 18.2 Å². The van der Waals surface area contributed by atoms with Crippen molar-refractivity contribution in [1.29, 1.82) is 0 Å². The van der Waals surface area contributed by atoms with Crippen molar-refractivity contribution in [3.63, 3.8) is 0 Å². The van der Waals surface area contributed by atoms with E-state index >= 15 is 0 Å². The summed E-state index contributed by atoms with van der Waals surface area (Å²) in [5.41, 5.74) is 8.86. The highest BCUT2D eigenvalue weighted by molar-refractivity contribution is 5.86. The quantitative estimate of drug-likeness (QED) is 0.609. The van der Waals surface area contributed by atoms with Crippen LogP contribution in [0.25, 0.3) is 0 Å². The minimum atomic E-state index is -0.968. The third-order valence-corrected chi connectivity index (χ3v) is 5.06. The summed E-state index contributed by atoms with van der Waals surface area (Å²) in [6.07, 6.45) is -0.304. The molecule has 9 nitrogen and oxygen atoms in total. The second-order valence-electron chi connectivity index (χ2n) is 7.13. The molecule has 3 atom stereocenters. The van der Waals surface area contributed by atoms with Crippen LogP contribution in [0.3, 0.4) is 0 Å². The number of nitrogens with one attached hydrogen (secondary N) is 2. The van der Waals surface area contributed by atoms with Gasteiger partial charge in [0.2, 0.25) is 18.0 Å². The predicted octanol–water partition coefficient (Wildman–Crippen LogP) is 2.70. The van der Waals surface area contributed by atoms with Crippen LogP contribution in [0.15, 0.2) is 53.6 Å². The van der Waals surface area contributed by atoms with Gasteiger partial charge in [0.25, 0.3) is 5.69 Å². The van der Waals surface area contributed by atoms with E-state index in [1.165, 1.54) is 18.6 Å². The van der Waals surface area contributed by atoms with Gasteiger partial charge in [0.05, 0.1) is 10.5 Å². The van der Waals surface area contributed by atoms with Gasteiger partial charge in [-0.25, -0.2) is 10.9 Å². The van der Waals surface area contributed by atoms with Gasteiger partial charge >= 0.3 is 0 Å². The van der Waals surface area contributed by atoms with Gasteiger partial charge in [0, 0.05) is 19.0 Å². The molecule has 1 fully saturated rings. The van der Waals surface area contributed by atoms with Gasteiger partial charge < -0.3 is 4.74 Å². The van der Waals surface area contributed by atoms with E-state index in [0.717, 1.165) is 10.6 Å². The van der Waals surface area contributed by atoms with Gasteiger partial charge in [-0.05, 0) is 25.0 Å². The fourth-order valence-electron chi connectivity index (χ4n) is 3.53. The van der Waals surface area contributed by atoms with Crippen LogP contribution in [0.2, 0.25) is 0 Å². The Morgan fingerprint density at radius 3 is 2.55 bits per heavy atom. The average molecular weight is 395 g/mol. The van der Waals surface area contributed by atoms with E-state index in [-0.39, 0.29) is 29.2 Å². The third-order valence-electron chi connectivity index (χ3n) is 5.06. The first-order valence-electron chi connectivity index (χ1n) is 9.30. The van der Waals surface area contributed by atoms with Gasteiger partial charge in [-0.3, -0.25) is 14.9 Å². The maximum atomic E-state index is 12.1. The van der Waals surface area contributed by atoms with Gasteiger partial charge in [-0.1, -0.05) is 42.0 Å². The highest BCUT2D eigenvalue weighted by atomic mass is 16.6. The van der Waals surface area contributed by atoms with E-state index in [0.29, 0.717) is 12.3 Å². The van der Waals surface area contributed by atoms with Crippen LogP contribution >= 0.6 is 0 Å². The molecule has 2 aliphatic rings. The molecule has 0 aliphatic carbocycles. The van der Waals surface area contributed by atoms with E-state index in [4.69, 9.17) is 4.74 Å². The highest BCUT2D eigenvalue weighted by Gasteiger charge is 2.41. The summed E-state index contributed by atoms with van der Waals surface area (Å²) in [5, 5.41) is 16.9. The molecule has 0 radical (unpaired) electrons. The number of carbonyl (C=O) groups is 1. The number of hydrazone groups is 1. The molecule has 2 aromatic rings. The Kier molecular flexibility index (Phi) is 4.99. The lowest BCUT2D eigenvalue weighted by atomic mass is 10.0. The first-order valence-corrected chi connectivity index (χ1v) is 9.30. The Bertz CT molecular complexity index is 975. The summed E-state index contributed by atoms with van der Waals surface area (Å²) in [5.74, 6) is -0.0327. The molecule has 4 rings (SSSR count). The molecule has 9 heteroatoms. The van der Waals surface area contributed by atoms with Crippen molar-refractivity contribution in [1.82, 2.24) is 15.9 Å². The largest absolute Gasteiger partial charge is 0.448 e. The smallest absolute Gasteiger partial charge is 0.278 e. The molecule has 2 aliphatic heterocycles. The second-order valence-corrected chi connectivity index (χ2v) is 7.13. The molecule has 2 heterocycles. The van der Waals surface area contributed by atoms with Crippen molar-refractivity contribution in [2.24, 2.45) is 5.10 Å². The van der Waals surface area contributed by atoms with E-state index in [2.05, 4.69) is 40.2 Å². The summed E-state index contributed by atoms with van der Waals surface area (Å²) in [4.78, 5) is 23.0. The minimum Gasteiger partial charge on any atom is -0.448 e. The summed E-state index contributed by atoms with van der Waals surface area (Å²) in [6.45, 7) is 3.39. The third kappa shape index (κ3) is 3.69. The fourth-order valence-corrected chi connectivity index (χ4v) is 3.53. The Labute approximate surface area is 167 Å². The van der Waals surface area contributed by atoms with Crippen molar-refractivity contribution in [3.8, 4) is 0 Å². The molecular weight excluding hydrogens is 374 g/mol. The number of nitro benzene ring substituents is 1. The Balaban J connectivity index is 1.55. The number of aryl methyl sites for hydroxylation is 1. The zero-order chi connectivity index (χ0) is 20.5. The Hall–Kier alpha value is -3.30. The summed E-state index contributed by atoms with van der Waals surface area (Å²) >= 11 is 0. The van der Waals surface area contributed by atoms with Gasteiger partial charge in [-0.2, -0.15) is 5.01 Å². The molecule has 29 heavy (non-hydrogen) atoms. The molecule has 2 aromatic carbocycles. The topological polar surface area (TPSA) is 109 Å². The van der Waals surface area contributed by atoms with E-state index in [9.17, 15) is 14.9 Å². The van der Waals surface area contributed by atoms with Crippen LogP contribution in [0.5, 0.6) is 0 Å². The standard InChI is InChI=1S/C20H21N5O4/c1-12-7-9-14(10-8-12)16-11-17(22-21-16)19-23-24(13(2)26)20(29-19)15-5-3-4-6-18(15)25(27)28/h3-10,16-17,20-22H,11H2,1-2H3. The Morgan fingerprint density at radius 2 is 1.86 bits per heavy atom. The average Bonchev–Trinajstić information content (AvgIpc) is 3.36. The van der Waals surface area contributed by atoms with Crippen molar-refractivity contribution in [3.05, 3.63) is 75.3 Å². The minimum absolute atomic E-state index is 0.0581. The molecule has 0 saturated carbocycles. The van der Waals surface area contributed by atoms with Crippen LogP contribution in [-0.4, -0.2) is 27.8 Å². The van der Waals surface area contributed by atoms with Crippen molar-refractivity contribution in [2.45, 2.75) is 38.6 Å². The monoisotopic (exact) mass is 395 g/mol. The number of hydrogen-bond donors (Lipinski definition) is 2. The van der Waals surface area contributed by atoms with Crippen LogP contribution in [0.1, 0.15) is 42.3 Å². The predicted molar refractivity (Wildman–Crippen MR) is 105 cm³/mol. The lowest BCUT2D eigenvalue weighted by Crippen LogP contribution is -2.36. The lowest BCUT2D eigenvalue weighted by molar-refractivity contribution is -0.386. The maximum absolute atomic E-state index is 12.1. The summed E-state index contributed by atoms with van der Waals surface area (Å²) in [7, 11) is 0. The number of hydrogen-bond acceptors (Lipinski definition) is 7. The van der Waals surface area contributed by atoms with Gasteiger partial charge in [0.1, 0.15) is 6.04 Å². The van der Waals surface area contributed by atoms with Crippen LogP contribution in [0.4, 0.5) is 5.69 Å². The number of carbonyl (C=O) groups excluding carboxylic acids is 1. The summed E-state index contributed by atoms with van der Waals surface area (Å²) < 4.78 is 5.95. The molecule has 0 spiro atoms. The molecule has 0 aromatic heterocycles. The number of nitrogens with zero attached hydrogens (tertiary/aromatic N) is 3. The Morgan fingerprint density at radius 1 is 1.17 bits per heavy atom. The number of para-hydroxylation sites is 1. The number of nitro groups is 1. The number of hydrazine groups is 1.